The van der Waals surface area contributed by atoms with Crippen molar-refractivity contribution < 1.29 is 0 Å². The molecule has 0 aliphatic rings. The van der Waals surface area contributed by atoms with Crippen LogP contribution in [0.15, 0.2) is 12.4 Å². The lowest BCUT2D eigenvalue weighted by Gasteiger charge is -2.16. The average Bonchev–Trinajstić information content (AvgIpc) is 2.67. The Bertz CT molecular complexity index is 218. The van der Waals surface area contributed by atoms with Gasteiger partial charge in [-0.05, 0) is 12.8 Å². The van der Waals surface area contributed by atoms with Crippen molar-refractivity contribution in [1.82, 2.24) is 9.97 Å². The maximum atomic E-state index is 4.18. The van der Waals surface area contributed by atoms with Crippen molar-refractivity contribution in [3.8, 4) is 0 Å². The first kappa shape index (κ1) is 11.1. The van der Waals surface area contributed by atoms with E-state index in [1.807, 2.05) is 6.20 Å². The fraction of sp³-hybridized carbons (Fsp3) is 0.727. The van der Waals surface area contributed by atoms with Crippen LogP contribution in [0.2, 0.25) is 0 Å². The molecule has 2 N–H and O–H groups in total. The van der Waals surface area contributed by atoms with Crippen molar-refractivity contribution in [3.05, 3.63) is 12.4 Å². The number of nitrogens with zero attached hydrogens (tertiary/aromatic N) is 1. The fourth-order valence-electron chi connectivity index (χ4n) is 1.63. The third-order valence-electron chi connectivity index (χ3n) is 2.38. The molecule has 0 radical (unpaired) electrons. The molecule has 1 rings (SSSR count). The standard InChI is InChI=1S/C11H21N3/c1-3-5-7-10(6-4-2)14-11-12-8-9-13-11/h8-10H,3-7H2,1-2H3,(H2,12,13,14). The van der Waals surface area contributed by atoms with E-state index in [0.717, 1.165) is 5.95 Å². The van der Waals surface area contributed by atoms with Crippen molar-refractivity contribution in [2.75, 3.05) is 5.32 Å². The van der Waals surface area contributed by atoms with E-state index in [1.54, 1.807) is 6.20 Å². The maximum absolute atomic E-state index is 4.18. The predicted molar refractivity (Wildman–Crippen MR) is 60.4 cm³/mol. The smallest absolute Gasteiger partial charge is 0.200 e. The van der Waals surface area contributed by atoms with E-state index >= 15 is 0 Å². The first-order chi connectivity index (χ1) is 6.86. The number of imidazole rings is 1. The second-order valence-electron chi connectivity index (χ2n) is 3.71. The van der Waals surface area contributed by atoms with Crippen LogP contribution in [0.25, 0.3) is 0 Å². The number of hydrogen-bond donors (Lipinski definition) is 2. The van der Waals surface area contributed by atoms with Crippen molar-refractivity contribution >= 4 is 5.95 Å². The van der Waals surface area contributed by atoms with Crippen LogP contribution in [0.5, 0.6) is 0 Å². The molecule has 14 heavy (non-hydrogen) atoms. The Hall–Kier alpha value is -0.990. The minimum Gasteiger partial charge on any atom is -0.353 e. The molecule has 0 amide bonds. The van der Waals surface area contributed by atoms with Crippen molar-refractivity contribution in [2.45, 2.75) is 52.0 Å². The lowest BCUT2D eigenvalue weighted by molar-refractivity contribution is 0.561. The lowest BCUT2D eigenvalue weighted by Crippen LogP contribution is -2.19. The summed E-state index contributed by atoms with van der Waals surface area (Å²) in [6.45, 7) is 4.46. The molecule has 3 nitrogen and oxygen atoms in total. The topological polar surface area (TPSA) is 40.7 Å². The molecule has 80 valence electrons. The third kappa shape index (κ3) is 3.81. The van der Waals surface area contributed by atoms with Gasteiger partial charge in [-0.25, -0.2) is 4.98 Å². The lowest BCUT2D eigenvalue weighted by atomic mass is 10.1. The highest BCUT2D eigenvalue weighted by Crippen LogP contribution is 2.11. The molecule has 0 bridgehead atoms. The molecule has 0 saturated heterocycles. The number of aromatic nitrogens is 2. The highest BCUT2D eigenvalue weighted by atomic mass is 15.1. The van der Waals surface area contributed by atoms with Crippen molar-refractivity contribution in [3.63, 3.8) is 0 Å². The molecule has 0 spiro atoms. The second kappa shape index (κ2) is 6.46. The van der Waals surface area contributed by atoms with Crippen LogP contribution in [0.1, 0.15) is 46.0 Å². The molecular formula is C11H21N3. The largest absolute Gasteiger partial charge is 0.353 e. The summed E-state index contributed by atoms with van der Waals surface area (Å²) in [4.78, 5) is 7.26. The van der Waals surface area contributed by atoms with E-state index in [2.05, 4.69) is 29.1 Å². The number of rotatable bonds is 7. The number of unbranched alkanes of at least 4 members (excludes halogenated alkanes) is 1. The van der Waals surface area contributed by atoms with Gasteiger partial charge >= 0.3 is 0 Å². The quantitative estimate of drug-likeness (QED) is 0.701. The number of H-pyrrole nitrogens is 1. The van der Waals surface area contributed by atoms with Crippen LogP contribution in [0.3, 0.4) is 0 Å². The summed E-state index contributed by atoms with van der Waals surface area (Å²) in [6, 6.07) is 0.575. The zero-order valence-corrected chi connectivity index (χ0v) is 9.21. The normalized spacial score (nSPS) is 12.7. The SMILES string of the molecule is CCCCC(CCC)Nc1ncc[nH]1. The molecule has 0 fully saturated rings. The molecule has 3 heteroatoms. The Labute approximate surface area is 86.3 Å². The minimum absolute atomic E-state index is 0.575. The van der Waals surface area contributed by atoms with Crippen LogP contribution in [0, 0.1) is 0 Å². The number of anilines is 1. The highest BCUT2D eigenvalue weighted by molar-refractivity contribution is 5.24. The van der Waals surface area contributed by atoms with E-state index < -0.39 is 0 Å². The summed E-state index contributed by atoms with van der Waals surface area (Å²) in [5.41, 5.74) is 0. The number of aromatic amines is 1. The Morgan fingerprint density at radius 3 is 2.79 bits per heavy atom. The summed E-state index contributed by atoms with van der Waals surface area (Å²) in [6.07, 6.45) is 9.88. The summed E-state index contributed by atoms with van der Waals surface area (Å²) in [5, 5.41) is 3.43. The molecule has 1 aromatic heterocycles. The summed E-state index contributed by atoms with van der Waals surface area (Å²) in [5.74, 6) is 0.902. The van der Waals surface area contributed by atoms with Gasteiger partial charge in [0.2, 0.25) is 0 Å². The summed E-state index contributed by atoms with van der Waals surface area (Å²) in [7, 11) is 0. The van der Waals surface area contributed by atoms with Crippen molar-refractivity contribution in [2.24, 2.45) is 0 Å². The fourth-order valence-corrected chi connectivity index (χ4v) is 1.63. The molecule has 0 aliphatic carbocycles. The van der Waals surface area contributed by atoms with Crippen LogP contribution >= 0.6 is 0 Å². The second-order valence-corrected chi connectivity index (χ2v) is 3.71. The van der Waals surface area contributed by atoms with Gasteiger partial charge in [0.1, 0.15) is 0 Å². The van der Waals surface area contributed by atoms with Gasteiger partial charge in [-0.1, -0.05) is 33.1 Å². The van der Waals surface area contributed by atoms with Gasteiger partial charge in [-0.15, -0.1) is 0 Å². The van der Waals surface area contributed by atoms with Gasteiger partial charge in [0.15, 0.2) is 5.95 Å². The van der Waals surface area contributed by atoms with E-state index in [0.29, 0.717) is 6.04 Å². The monoisotopic (exact) mass is 195 g/mol. The molecular weight excluding hydrogens is 174 g/mol. The van der Waals surface area contributed by atoms with E-state index in [1.165, 1.54) is 32.1 Å². The number of nitrogens with one attached hydrogen (secondary N) is 2. The third-order valence-corrected chi connectivity index (χ3v) is 2.38. The molecule has 1 heterocycles. The van der Waals surface area contributed by atoms with E-state index in [4.69, 9.17) is 0 Å². The van der Waals surface area contributed by atoms with Crippen LogP contribution in [-0.2, 0) is 0 Å². The van der Waals surface area contributed by atoms with Crippen molar-refractivity contribution in [1.29, 1.82) is 0 Å². The first-order valence-electron chi connectivity index (χ1n) is 5.62. The van der Waals surface area contributed by atoms with Gasteiger partial charge in [0.05, 0.1) is 0 Å². The van der Waals surface area contributed by atoms with Crippen LogP contribution < -0.4 is 5.32 Å². The maximum Gasteiger partial charge on any atom is 0.200 e. The van der Waals surface area contributed by atoms with Gasteiger partial charge in [-0.2, -0.15) is 0 Å². The van der Waals surface area contributed by atoms with Gasteiger partial charge in [-0.3, -0.25) is 0 Å². The minimum atomic E-state index is 0.575. The van der Waals surface area contributed by atoms with E-state index in [9.17, 15) is 0 Å². The zero-order valence-electron chi connectivity index (χ0n) is 9.21. The van der Waals surface area contributed by atoms with Gasteiger partial charge in [0.25, 0.3) is 0 Å². The highest BCUT2D eigenvalue weighted by Gasteiger charge is 2.07. The first-order valence-corrected chi connectivity index (χ1v) is 5.62. The molecule has 0 saturated carbocycles. The zero-order chi connectivity index (χ0) is 10.2. The Morgan fingerprint density at radius 2 is 2.21 bits per heavy atom. The molecule has 1 atom stereocenters. The molecule has 1 aromatic rings. The summed E-state index contributed by atoms with van der Waals surface area (Å²) < 4.78 is 0. The number of hydrogen-bond acceptors (Lipinski definition) is 2. The van der Waals surface area contributed by atoms with E-state index in [-0.39, 0.29) is 0 Å². The Balaban J connectivity index is 2.34. The Kier molecular flexibility index (Phi) is 5.12. The molecule has 1 unspecified atom stereocenters. The average molecular weight is 195 g/mol. The summed E-state index contributed by atoms with van der Waals surface area (Å²) >= 11 is 0. The Morgan fingerprint density at radius 1 is 1.36 bits per heavy atom. The predicted octanol–water partition coefficient (Wildman–Crippen LogP) is 3.18. The van der Waals surface area contributed by atoms with Gasteiger partial charge in [0, 0.05) is 18.4 Å². The van der Waals surface area contributed by atoms with Crippen LogP contribution in [0.4, 0.5) is 5.95 Å². The van der Waals surface area contributed by atoms with Crippen LogP contribution in [-0.4, -0.2) is 16.0 Å². The van der Waals surface area contributed by atoms with Gasteiger partial charge < -0.3 is 10.3 Å². The molecule has 0 aliphatic heterocycles. The molecule has 0 aromatic carbocycles.